The largest absolute Gasteiger partial charge is 0.282 e. The number of amides is 1. The Labute approximate surface area is 127 Å². The summed E-state index contributed by atoms with van der Waals surface area (Å²) in [4.78, 5) is 16.4. The van der Waals surface area contributed by atoms with Gasteiger partial charge >= 0.3 is 0 Å². The maximum Gasteiger partial charge on any atom is 0.245 e. The van der Waals surface area contributed by atoms with E-state index < -0.39 is 0 Å². The number of amidine groups is 1. The van der Waals surface area contributed by atoms with Crippen LogP contribution in [-0.4, -0.2) is 21.7 Å². The summed E-state index contributed by atoms with van der Waals surface area (Å²) in [5, 5.41) is 1.65. The molecule has 0 saturated carbocycles. The van der Waals surface area contributed by atoms with Gasteiger partial charge < -0.3 is 0 Å². The van der Waals surface area contributed by atoms with Crippen molar-refractivity contribution in [3.8, 4) is 0 Å². The molecular formula is C13H17IN4O. The Morgan fingerprint density at radius 1 is 1.47 bits per heavy atom. The van der Waals surface area contributed by atoms with Crippen LogP contribution in [0, 0.1) is 11.8 Å². The predicted octanol–water partition coefficient (Wildman–Crippen LogP) is 2.34. The highest BCUT2D eigenvalue weighted by molar-refractivity contribution is 14.1. The van der Waals surface area contributed by atoms with E-state index >= 15 is 0 Å². The average Bonchev–Trinajstić information content (AvgIpc) is 2.44. The van der Waals surface area contributed by atoms with Crippen LogP contribution >= 0.6 is 22.9 Å². The first-order valence-electron chi connectivity index (χ1n) is 6.33. The van der Waals surface area contributed by atoms with Crippen LogP contribution in [0.3, 0.4) is 0 Å². The summed E-state index contributed by atoms with van der Waals surface area (Å²) in [6, 6.07) is 3.82. The van der Waals surface area contributed by atoms with Crippen LogP contribution in [0.4, 0.5) is 0 Å². The normalized spacial score (nSPS) is 25.5. The first kappa shape index (κ1) is 14.2. The second-order valence-electron chi connectivity index (χ2n) is 4.66. The molecule has 1 saturated heterocycles. The van der Waals surface area contributed by atoms with E-state index in [0.29, 0.717) is 6.54 Å². The summed E-state index contributed by atoms with van der Waals surface area (Å²) in [5.41, 5.74) is 4.17. The zero-order valence-electron chi connectivity index (χ0n) is 11.0. The Bertz CT molecular complexity index is 477. The molecule has 1 aliphatic rings. The minimum absolute atomic E-state index is 0.00315. The zero-order chi connectivity index (χ0) is 13.8. The van der Waals surface area contributed by atoms with E-state index in [1.54, 1.807) is 17.4 Å². The van der Waals surface area contributed by atoms with Crippen LogP contribution in [-0.2, 0) is 11.3 Å². The fraction of sp³-hybridized carbons (Fsp3) is 0.462. The van der Waals surface area contributed by atoms with E-state index in [0.717, 1.165) is 17.8 Å². The third-order valence-electron chi connectivity index (χ3n) is 3.49. The molecule has 0 aliphatic carbocycles. The van der Waals surface area contributed by atoms with Crippen LogP contribution < -0.4 is 5.43 Å². The highest BCUT2D eigenvalue weighted by atomic mass is 127. The van der Waals surface area contributed by atoms with E-state index in [4.69, 9.17) is 0 Å². The number of nitrogens with zero attached hydrogens (tertiary/aromatic N) is 3. The molecule has 0 spiro atoms. The van der Waals surface area contributed by atoms with Crippen LogP contribution in [0.1, 0.15) is 25.8 Å². The lowest BCUT2D eigenvalue weighted by Gasteiger charge is -2.37. The van der Waals surface area contributed by atoms with Crippen LogP contribution in [0.15, 0.2) is 27.7 Å². The molecule has 2 atom stereocenters. The van der Waals surface area contributed by atoms with Crippen molar-refractivity contribution in [2.24, 2.45) is 15.0 Å². The van der Waals surface area contributed by atoms with Gasteiger partial charge in [0.1, 0.15) is 5.84 Å². The molecule has 2 rings (SSSR count). The number of pyridine rings is 1. The smallest absolute Gasteiger partial charge is 0.245 e. The van der Waals surface area contributed by atoms with Gasteiger partial charge in [-0.1, -0.05) is 13.8 Å². The van der Waals surface area contributed by atoms with Crippen LogP contribution in [0.25, 0.3) is 0 Å². The Balaban J connectivity index is 2.18. The molecule has 1 fully saturated rings. The first-order chi connectivity index (χ1) is 9.17. The quantitative estimate of drug-likeness (QED) is 0.829. The van der Waals surface area contributed by atoms with Crippen molar-refractivity contribution in [1.29, 1.82) is 0 Å². The van der Waals surface area contributed by atoms with Crippen LogP contribution in [0.5, 0.6) is 0 Å². The average molecular weight is 372 g/mol. The second kappa shape index (κ2) is 6.31. The van der Waals surface area contributed by atoms with Crippen molar-refractivity contribution in [3.05, 3.63) is 30.1 Å². The van der Waals surface area contributed by atoms with E-state index in [-0.39, 0.29) is 17.7 Å². The monoisotopic (exact) mass is 372 g/mol. The number of hydrogen-bond acceptors (Lipinski definition) is 3. The molecule has 2 heterocycles. The lowest BCUT2D eigenvalue weighted by Crippen LogP contribution is -2.57. The molecule has 19 heavy (non-hydrogen) atoms. The highest BCUT2D eigenvalue weighted by Gasteiger charge is 2.36. The van der Waals surface area contributed by atoms with Crippen molar-refractivity contribution in [3.63, 3.8) is 0 Å². The van der Waals surface area contributed by atoms with E-state index in [9.17, 15) is 4.79 Å². The van der Waals surface area contributed by atoms with Crippen molar-refractivity contribution in [1.82, 2.24) is 15.4 Å². The molecule has 0 aromatic carbocycles. The maximum absolute atomic E-state index is 12.4. The number of hydrogen-bond donors (Lipinski definition) is 1. The number of rotatable bonds is 3. The third kappa shape index (κ3) is 3.05. The molecule has 1 aliphatic heterocycles. The van der Waals surface area contributed by atoms with Gasteiger partial charge in [0.05, 0.1) is 29.4 Å². The zero-order valence-corrected chi connectivity index (χ0v) is 13.2. The van der Waals surface area contributed by atoms with Gasteiger partial charge in [-0.2, -0.15) is 0 Å². The maximum atomic E-state index is 12.4. The molecule has 102 valence electrons. The lowest BCUT2D eigenvalue weighted by atomic mass is 9.88. The molecule has 1 amide bonds. The fourth-order valence-electron chi connectivity index (χ4n) is 2.31. The number of hydrazine groups is 1. The molecule has 1 aromatic heterocycles. The van der Waals surface area contributed by atoms with Gasteiger partial charge in [-0.3, -0.25) is 20.2 Å². The minimum Gasteiger partial charge on any atom is -0.282 e. The van der Waals surface area contributed by atoms with Gasteiger partial charge in [0.2, 0.25) is 5.91 Å². The summed E-state index contributed by atoms with van der Waals surface area (Å²) in [5.74, 6) is 1.14. The summed E-state index contributed by atoms with van der Waals surface area (Å²) in [6.07, 6.45) is 4.29. The predicted molar refractivity (Wildman–Crippen MR) is 82.3 cm³/mol. The van der Waals surface area contributed by atoms with Crippen LogP contribution in [0.2, 0.25) is 0 Å². The molecule has 6 heteroatoms. The fourth-order valence-corrected chi connectivity index (χ4v) is 2.86. The number of aromatic nitrogens is 1. The number of carbonyl (C=O) groups excluding carboxylic acids is 1. The Hall–Kier alpha value is -1.18. The standard InChI is InChI=1S/C13H17IN4O/c1-3-11-9(2)12(16-14)17-18(13(11)19)8-10-4-6-15-7-5-10/h4-7,9,11H,3,8H2,1-2H3,(H,16,17). The van der Waals surface area contributed by atoms with Crippen molar-refractivity contribution >= 4 is 34.6 Å². The van der Waals surface area contributed by atoms with E-state index in [1.165, 1.54) is 0 Å². The topological polar surface area (TPSA) is 57.6 Å². The van der Waals surface area contributed by atoms with E-state index in [2.05, 4.69) is 13.6 Å². The molecule has 2 unspecified atom stereocenters. The first-order valence-corrected chi connectivity index (χ1v) is 7.29. The molecule has 1 N–H and O–H groups in total. The molecule has 0 radical (unpaired) electrons. The Morgan fingerprint density at radius 2 is 2.16 bits per heavy atom. The van der Waals surface area contributed by atoms with Crippen molar-refractivity contribution < 1.29 is 4.79 Å². The summed E-state index contributed by atoms with van der Waals surface area (Å²) in [6.45, 7) is 4.61. The number of carbonyl (C=O) groups is 1. The van der Waals surface area contributed by atoms with Gasteiger partial charge in [-0.15, -0.1) is 0 Å². The molecular weight excluding hydrogens is 355 g/mol. The summed E-state index contributed by atoms with van der Waals surface area (Å²) < 4.78 is 4.22. The van der Waals surface area contributed by atoms with Gasteiger partial charge in [-0.25, -0.2) is 3.21 Å². The highest BCUT2D eigenvalue weighted by Crippen LogP contribution is 2.24. The Morgan fingerprint density at radius 3 is 2.74 bits per heavy atom. The molecule has 0 bridgehead atoms. The van der Waals surface area contributed by atoms with Gasteiger partial charge in [0.15, 0.2) is 0 Å². The second-order valence-corrected chi connectivity index (χ2v) is 5.15. The van der Waals surface area contributed by atoms with Gasteiger partial charge in [-0.05, 0) is 24.1 Å². The minimum atomic E-state index is -0.00315. The van der Waals surface area contributed by atoms with E-state index in [1.807, 2.05) is 48.8 Å². The molecule has 5 nitrogen and oxygen atoms in total. The SMILES string of the molecule is CCC1C(=O)N(Cc2ccncc2)NC(=NI)C1C. The Kier molecular flexibility index (Phi) is 4.73. The third-order valence-corrected chi connectivity index (χ3v) is 4.01. The summed E-state index contributed by atoms with van der Waals surface area (Å²) in [7, 11) is 0. The summed E-state index contributed by atoms with van der Waals surface area (Å²) >= 11 is 1.97. The number of halogens is 1. The lowest BCUT2D eigenvalue weighted by molar-refractivity contribution is -0.141. The van der Waals surface area contributed by atoms with Gasteiger partial charge in [0, 0.05) is 24.2 Å². The molecule has 1 aromatic rings. The van der Waals surface area contributed by atoms with Gasteiger partial charge in [0.25, 0.3) is 0 Å². The number of nitrogens with one attached hydrogen (secondary N) is 1. The van der Waals surface area contributed by atoms with Crippen molar-refractivity contribution in [2.75, 3.05) is 0 Å². The van der Waals surface area contributed by atoms with Crippen molar-refractivity contribution in [2.45, 2.75) is 26.8 Å².